The third kappa shape index (κ3) is 4.88. The SMILES string of the molecule is CC(=O)N1C[C@@H](NC(=O)c2c(C)[nH]c3c(-c4cc(C(F)(F)F)ccc4OCC4CC4)ncnc23)C(F)(F)C1. The number of carbonyl (C=O) groups is 2. The molecule has 2 aromatic heterocycles. The van der Waals surface area contributed by atoms with Crippen LogP contribution >= 0.6 is 0 Å². The van der Waals surface area contributed by atoms with Gasteiger partial charge in [0.1, 0.15) is 29.3 Å². The van der Waals surface area contributed by atoms with E-state index in [2.05, 4.69) is 20.3 Å². The van der Waals surface area contributed by atoms with Crippen LogP contribution in [0.5, 0.6) is 5.75 Å². The van der Waals surface area contributed by atoms with E-state index in [-0.39, 0.29) is 45.8 Å². The van der Waals surface area contributed by atoms with Gasteiger partial charge in [0.25, 0.3) is 11.8 Å². The van der Waals surface area contributed by atoms with Gasteiger partial charge in [-0.3, -0.25) is 9.59 Å². The largest absolute Gasteiger partial charge is 0.493 e. The number of hydrogen-bond acceptors (Lipinski definition) is 5. The van der Waals surface area contributed by atoms with Crippen LogP contribution in [0.2, 0.25) is 0 Å². The highest BCUT2D eigenvalue weighted by Gasteiger charge is 2.50. The second-order valence-electron chi connectivity index (χ2n) is 9.72. The minimum atomic E-state index is -4.62. The first-order valence-corrected chi connectivity index (χ1v) is 12.0. The maximum absolute atomic E-state index is 14.5. The number of hydrogen-bond donors (Lipinski definition) is 2. The lowest BCUT2D eigenvalue weighted by Gasteiger charge is -2.18. The summed E-state index contributed by atoms with van der Waals surface area (Å²) in [5.74, 6) is -4.21. The second-order valence-corrected chi connectivity index (χ2v) is 9.72. The summed E-state index contributed by atoms with van der Waals surface area (Å²) in [6.45, 7) is 1.86. The van der Waals surface area contributed by atoms with Crippen LogP contribution in [0.3, 0.4) is 0 Å². The predicted octanol–water partition coefficient (Wildman–Crippen LogP) is 4.34. The Kier molecular flexibility index (Phi) is 6.27. The Hall–Kier alpha value is -3.77. The van der Waals surface area contributed by atoms with Gasteiger partial charge in [0, 0.05) is 24.7 Å². The van der Waals surface area contributed by atoms with Crippen molar-refractivity contribution < 1.29 is 36.3 Å². The van der Waals surface area contributed by atoms with Crippen molar-refractivity contribution in [1.29, 1.82) is 0 Å². The van der Waals surface area contributed by atoms with E-state index in [4.69, 9.17) is 4.74 Å². The summed E-state index contributed by atoms with van der Waals surface area (Å²) < 4.78 is 75.4. The van der Waals surface area contributed by atoms with Gasteiger partial charge in [0.2, 0.25) is 5.91 Å². The number of ether oxygens (including phenoxy) is 1. The average molecular weight is 537 g/mol. The van der Waals surface area contributed by atoms with Crippen LogP contribution in [0.25, 0.3) is 22.3 Å². The average Bonchev–Trinajstić information content (AvgIpc) is 3.53. The minimum Gasteiger partial charge on any atom is -0.493 e. The molecule has 2 N–H and O–H groups in total. The van der Waals surface area contributed by atoms with Crippen LogP contribution in [0.4, 0.5) is 22.0 Å². The van der Waals surface area contributed by atoms with Crippen molar-refractivity contribution in [3.63, 3.8) is 0 Å². The van der Waals surface area contributed by atoms with E-state index in [0.29, 0.717) is 12.5 Å². The van der Waals surface area contributed by atoms with Crippen molar-refractivity contribution in [1.82, 2.24) is 25.2 Å². The quantitative estimate of drug-likeness (QED) is 0.456. The van der Waals surface area contributed by atoms with E-state index < -0.39 is 42.1 Å². The van der Waals surface area contributed by atoms with Crippen LogP contribution in [0.15, 0.2) is 24.5 Å². The molecule has 1 aliphatic carbocycles. The number of likely N-dealkylation sites (tertiary alicyclic amines) is 1. The number of alkyl halides is 5. The Morgan fingerprint density at radius 2 is 1.97 bits per heavy atom. The molecular weight excluding hydrogens is 513 g/mol. The molecule has 0 bridgehead atoms. The molecule has 1 saturated carbocycles. The van der Waals surface area contributed by atoms with E-state index in [1.807, 2.05) is 0 Å². The Morgan fingerprint density at radius 1 is 1.24 bits per heavy atom. The second kappa shape index (κ2) is 9.21. The van der Waals surface area contributed by atoms with Crippen LogP contribution in [-0.2, 0) is 11.0 Å². The third-order valence-corrected chi connectivity index (χ3v) is 6.80. The molecule has 202 valence electrons. The first kappa shape index (κ1) is 25.9. The third-order valence-electron chi connectivity index (χ3n) is 6.80. The minimum absolute atomic E-state index is 0.0480. The first-order valence-electron chi connectivity index (χ1n) is 12.0. The van der Waals surface area contributed by atoms with E-state index in [1.165, 1.54) is 19.9 Å². The van der Waals surface area contributed by atoms with Gasteiger partial charge in [-0.2, -0.15) is 13.2 Å². The van der Waals surface area contributed by atoms with E-state index in [1.54, 1.807) is 0 Å². The molecule has 8 nitrogen and oxygen atoms in total. The Labute approximate surface area is 213 Å². The smallest absolute Gasteiger partial charge is 0.416 e. The summed E-state index contributed by atoms with van der Waals surface area (Å²) >= 11 is 0. The maximum Gasteiger partial charge on any atom is 0.416 e. The zero-order valence-electron chi connectivity index (χ0n) is 20.5. The molecule has 1 aliphatic heterocycles. The number of carbonyl (C=O) groups excluding carboxylic acids is 2. The monoisotopic (exact) mass is 537 g/mol. The number of rotatable bonds is 6. The topological polar surface area (TPSA) is 100 Å². The highest BCUT2D eigenvalue weighted by atomic mass is 19.4. The molecular formula is C25H24F5N5O3. The van der Waals surface area contributed by atoms with Crippen molar-refractivity contribution in [2.24, 2.45) is 5.92 Å². The number of H-pyrrole nitrogens is 1. The number of nitrogens with one attached hydrogen (secondary N) is 2. The summed E-state index contributed by atoms with van der Waals surface area (Å²) in [6.07, 6.45) is -1.57. The summed E-state index contributed by atoms with van der Waals surface area (Å²) in [7, 11) is 0. The van der Waals surface area contributed by atoms with Crippen molar-refractivity contribution in [3.8, 4) is 17.0 Å². The Morgan fingerprint density at radius 3 is 2.61 bits per heavy atom. The first-order chi connectivity index (χ1) is 17.8. The molecule has 2 amide bonds. The van der Waals surface area contributed by atoms with Gasteiger partial charge >= 0.3 is 6.18 Å². The summed E-state index contributed by atoms with van der Waals surface area (Å²) in [5.41, 5.74) is -0.347. The molecule has 38 heavy (non-hydrogen) atoms. The summed E-state index contributed by atoms with van der Waals surface area (Å²) in [6, 6.07) is 1.47. The Balaban J connectivity index is 1.53. The van der Waals surface area contributed by atoms with Crippen LogP contribution in [0.1, 0.15) is 41.4 Å². The molecule has 13 heteroatoms. The number of nitrogens with zero attached hydrogens (tertiary/aromatic N) is 3. The molecule has 3 heterocycles. The van der Waals surface area contributed by atoms with Gasteiger partial charge in [-0.05, 0) is 43.9 Å². The van der Waals surface area contributed by atoms with Crippen LogP contribution < -0.4 is 10.1 Å². The molecule has 0 radical (unpaired) electrons. The highest BCUT2D eigenvalue weighted by molar-refractivity contribution is 6.09. The molecule has 2 aliphatic rings. The van der Waals surface area contributed by atoms with Crippen molar-refractivity contribution in [2.45, 2.75) is 44.8 Å². The number of fused-ring (bicyclic) bond motifs is 1. The lowest BCUT2D eigenvalue weighted by molar-refractivity contribution is -0.137. The van der Waals surface area contributed by atoms with Crippen molar-refractivity contribution in [2.75, 3.05) is 19.7 Å². The van der Waals surface area contributed by atoms with Crippen molar-refractivity contribution >= 4 is 22.8 Å². The number of aryl methyl sites for hydroxylation is 1. The fraction of sp³-hybridized carbons (Fsp3) is 0.440. The fourth-order valence-corrected chi connectivity index (χ4v) is 4.52. The van der Waals surface area contributed by atoms with Gasteiger partial charge in [-0.25, -0.2) is 18.7 Å². The highest BCUT2D eigenvalue weighted by Crippen LogP contribution is 2.40. The van der Waals surface area contributed by atoms with Crippen molar-refractivity contribution in [3.05, 3.63) is 41.3 Å². The van der Waals surface area contributed by atoms with Gasteiger partial charge in [-0.15, -0.1) is 0 Å². The number of amides is 2. The molecule has 1 saturated heterocycles. The number of halogens is 5. The van der Waals surface area contributed by atoms with Gasteiger partial charge in [0.05, 0.1) is 29.8 Å². The number of aromatic amines is 1. The maximum atomic E-state index is 14.5. The summed E-state index contributed by atoms with van der Waals surface area (Å²) in [5, 5.41) is 2.29. The van der Waals surface area contributed by atoms with Gasteiger partial charge < -0.3 is 19.9 Å². The molecule has 2 fully saturated rings. The number of aromatic nitrogens is 3. The van der Waals surface area contributed by atoms with Gasteiger partial charge in [0.15, 0.2) is 0 Å². The Bertz CT molecular complexity index is 1420. The van der Waals surface area contributed by atoms with Gasteiger partial charge in [-0.1, -0.05) is 0 Å². The molecule has 1 atom stereocenters. The normalized spacial score (nSPS) is 19.1. The van der Waals surface area contributed by atoms with E-state index in [9.17, 15) is 31.5 Å². The van der Waals surface area contributed by atoms with E-state index in [0.717, 1.165) is 36.2 Å². The lowest BCUT2D eigenvalue weighted by Crippen LogP contribution is -2.46. The lowest BCUT2D eigenvalue weighted by atomic mass is 10.0. The van der Waals surface area contributed by atoms with Crippen LogP contribution in [-0.4, -0.2) is 63.3 Å². The zero-order chi connectivity index (χ0) is 27.4. The molecule has 5 rings (SSSR count). The van der Waals surface area contributed by atoms with Crippen LogP contribution in [0, 0.1) is 12.8 Å². The zero-order valence-corrected chi connectivity index (χ0v) is 20.5. The summed E-state index contributed by atoms with van der Waals surface area (Å²) in [4.78, 5) is 36.9. The molecule has 3 aromatic rings. The fourth-order valence-electron chi connectivity index (χ4n) is 4.52. The molecule has 1 aromatic carbocycles. The van der Waals surface area contributed by atoms with E-state index >= 15 is 0 Å². The molecule has 0 spiro atoms. The standard InChI is InChI=1S/C25H24F5N5O3/c1-12-19(23(37)34-18-8-35(13(2)36)10-24(18,26)27)21-22(33-12)20(31-11-32-21)16-7-15(25(28,29)30)5-6-17(16)38-9-14-3-4-14/h5-7,11,14,18,33H,3-4,8-10H2,1-2H3,(H,34,37)/t18-/m1/s1. The predicted molar refractivity (Wildman–Crippen MR) is 126 cm³/mol. The number of benzene rings is 1. The molecule has 0 unspecified atom stereocenters.